The zero-order valence-corrected chi connectivity index (χ0v) is 11.7. The third-order valence-electron chi connectivity index (χ3n) is 2.79. The molecule has 96 valence electrons. The number of hydrogen-bond acceptors (Lipinski definition) is 4. The molecule has 0 aliphatic carbocycles. The summed E-state index contributed by atoms with van der Waals surface area (Å²) in [5, 5.41) is 7.41. The van der Waals surface area contributed by atoms with Crippen molar-refractivity contribution in [2.24, 2.45) is 7.05 Å². The monoisotopic (exact) mass is 262 g/mol. The van der Waals surface area contributed by atoms with Crippen molar-refractivity contribution in [3.8, 4) is 0 Å². The molecule has 4 nitrogen and oxygen atoms in total. The third kappa shape index (κ3) is 3.11. The maximum atomic E-state index is 4.51. The maximum absolute atomic E-state index is 4.51. The first-order valence-electron chi connectivity index (χ1n) is 6.02. The molecule has 0 saturated carbocycles. The first kappa shape index (κ1) is 13.1. The lowest BCUT2D eigenvalue weighted by Crippen LogP contribution is -2.16. The predicted octanol–water partition coefficient (Wildman–Crippen LogP) is 2.64. The van der Waals surface area contributed by atoms with E-state index in [1.165, 1.54) is 0 Å². The Bertz CT molecular complexity index is 488. The van der Waals surface area contributed by atoms with Gasteiger partial charge in [-0.3, -0.25) is 9.67 Å². The normalized spacial score (nSPS) is 12.6. The van der Waals surface area contributed by atoms with E-state index in [0.717, 1.165) is 21.9 Å². The first-order chi connectivity index (χ1) is 8.72. The van der Waals surface area contributed by atoms with Gasteiger partial charge in [-0.1, -0.05) is 18.7 Å². The molecule has 0 saturated heterocycles. The Morgan fingerprint density at radius 1 is 1.33 bits per heavy atom. The lowest BCUT2D eigenvalue weighted by atomic mass is 10.1. The van der Waals surface area contributed by atoms with Crippen molar-refractivity contribution in [1.82, 2.24) is 20.1 Å². The molecule has 0 amide bonds. The van der Waals surface area contributed by atoms with Crippen LogP contribution >= 0.6 is 11.8 Å². The molecule has 2 rings (SSSR count). The average Bonchev–Trinajstić information content (AvgIpc) is 2.78. The van der Waals surface area contributed by atoms with Crippen molar-refractivity contribution in [2.45, 2.75) is 29.2 Å². The van der Waals surface area contributed by atoms with Gasteiger partial charge in [0, 0.05) is 30.4 Å². The van der Waals surface area contributed by atoms with Crippen LogP contribution in [0.5, 0.6) is 0 Å². The molecule has 0 aromatic carbocycles. The summed E-state index contributed by atoms with van der Waals surface area (Å²) >= 11 is 1.68. The van der Waals surface area contributed by atoms with E-state index in [4.69, 9.17) is 0 Å². The number of aromatic nitrogens is 3. The zero-order valence-electron chi connectivity index (χ0n) is 10.9. The standard InChI is InChI=1S/C13H18N4S/c1-4-12(14-2)13-6-5-10(7-15-13)18-11-8-16-17(3)9-11/h5-9,12,14H,4H2,1-3H3. The van der Waals surface area contributed by atoms with E-state index >= 15 is 0 Å². The van der Waals surface area contributed by atoms with Crippen LogP contribution in [0, 0.1) is 0 Å². The smallest absolute Gasteiger partial charge is 0.0629 e. The molecule has 0 aliphatic heterocycles. The molecule has 0 bridgehead atoms. The first-order valence-corrected chi connectivity index (χ1v) is 6.84. The molecule has 18 heavy (non-hydrogen) atoms. The van der Waals surface area contributed by atoms with Crippen LogP contribution in [-0.4, -0.2) is 21.8 Å². The Labute approximate surface area is 112 Å². The number of nitrogens with zero attached hydrogens (tertiary/aromatic N) is 3. The van der Waals surface area contributed by atoms with Crippen molar-refractivity contribution in [2.75, 3.05) is 7.05 Å². The molecule has 1 atom stereocenters. The fourth-order valence-corrected chi connectivity index (χ4v) is 2.63. The minimum Gasteiger partial charge on any atom is -0.312 e. The molecule has 1 N–H and O–H groups in total. The number of nitrogens with one attached hydrogen (secondary N) is 1. The Hall–Kier alpha value is -1.33. The molecule has 1 unspecified atom stereocenters. The Balaban J connectivity index is 2.07. The third-order valence-corrected chi connectivity index (χ3v) is 3.71. The average molecular weight is 262 g/mol. The van der Waals surface area contributed by atoms with Crippen molar-refractivity contribution in [3.05, 3.63) is 36.4 Å². The van der Waals surface area contributed by atoms with Crippen LogP contribution in [0.15, 0.2) is 40.5 Å². The molecule has 2 heterocycles. The van der Waals surface area contributed by atoms with Gasteiger partial charge in [0.2, 0.25) is 0 Å². The fourth-order valence-electron chi connectivity index (χ4n) is 1.81. The van der Waals surface area contributed by atoms with Gasteiger partial charge in [0.1, 0.15) is 0 Å². The van der Waals surface area contributed by atoms with E-state index in [1.54, 1.807) is 16.4 Å². The zero-order chi connectivity index (χ0) is 13.0. The second-order valence-corrected chi connectivity index (χ2v) is 5.27. The summed E-state index contributed by atoms with van der Waals surface area (Å²) in [6.07, 6.45) is 6.83. The van der Waals surface area contributed by atoms with Gasteiger partial charge in [-0.15, -0.1) is 0 Å². The SMILES string of the molecule is CCC(NC)c1ccc(Sc2cnn(C)c2)cn1. The molecule has 0 spiro atoms. The van der Waals surface area contributed by atoms with Crippen LogP contribution < -0.4 is 5.32 Å². The highest BCUT2D eigenvalue weighted by Gasteiger charge is 2.08. The lowest BCUT2D eigenvalue weighted by molar-refractivity contribution is 0.561. The van der Waals surface area contributed by atoms with E-state index < -0.39 is 0 Å². The number of pyridine rings is 1. The molecule has 5 heteroatoms. The topological polar surface area (TPSA) is 42.7 Å². The van der Waals surface area contributed by atoms with Crippen molar-refractivity contribution in [1.29, 1.82) is 0 Å². The molecule has 2 aromatic heterocycles. The summed E-state index contributed by atoms with van der Waals surface area (Å²) in [6.45, 7) is 2.15. The molecule has 0 fully saturated rings. The van der Waals surface area contributed by atoms with Crippen molar-refractivity contribution < 1.29 is 0 Å². The summed E-state index contributed by atoms with van der Waals surface area (Å²) in [6, 6.07) is 4.53. The van der Waals surface area contributed by atoms with E-state index in [1.807, 2.05) is 32.7 Å². The van der Waals surface area contributed by atoms with Gasteiger partial charge in [0.25, 0.3) is 0 Å². The van der Waals surface area contributed by atoms with Gasteiger partial charge < -0.3 is 5.32 Å². The largest absolute Gasteiger partial charge is 0.312 e. The van der Waals surface area contributed by atoms with Crippen LogP contribution in [0.2, 0.25) is 0 Å². The summed E-state index contributed by atoms with van der Waals surface area (Å²) in [7, 11) is 3.89. The summed E-state index contributed by atoms with van der Waals surface area (Å²) in [5.41, 5.74) is 1.09. The summed E-state index contributed by atoms with van der Waals surface area (Å²) in [4.78, 5) is 6.78. The minimum atomic E-state index is 0.336. The highest BCUT2D eigenvalue weighted by Crippen LogP contribution is 2.27. The van der Waals surface area contributed by atoms with Crippen LogP contribution in [0.1, 0.15) is 25.1 Å². The second kappa shape index (κ2) is 6.02. The number of hydrogen-bond donors (Lipinski definition) is 1. The van der Waals surface area contributed by atoms with Gasteiger partial charge in [-0.2, -0.15) is 5.10 Å². The van der Waals surface area contributed by atoms with Crippen LogP contribution in [0.25, 0.3) is 0 Å². The highest BCUT2D eigenvalue weighted by atomic mass is 32.2. The Kier molecular flexibility index (Phi) is 4.38. The van der Waals surface area contributed by atoms with Crippen LogP contribution in [-0.2, 0) is 7.05 Å². The predicted molar refractivity (Wildman–Crippen MR) is 73.7 cm³/mol. The summed E-state index contributed by atoms with van der Waals surface area (Å²) < 4.78 is 1.80. The van der Waals surface area contributed by atoms with Crippen LogP contribution in [0.4, 0.5) is 0 Å². The fraction of sp³-hybridized carbons (Fsp3) is 0.385. The number of rotatable bonds is 5. The molecule has 0 aliphatic rings. The lowest BCUT2D eigenvalue weighted by Gasteiger charge is -2.13. The van der Waals surface area contributed by atoms with Gasteiger partial charge in [0.05, 0.1) is 16.8 Å². The van der Waals surface area contributed by atoms with Gasteiger partial charge in [-0.25, -0.2) is 0 Å². The van der Waals surface area contributed by atoms with Gasteiger partial charge >= 0.3 is 0 Å². The molecule has 2 aromatic rings. The Morgan fingerprint density at radius 3 is 2.67 bits per heavy atom. The Morgan fingerprint density at radius 2 is 2.17 bits per heavy atom. The van der Waals surface area contributed by atoms with E-state index in [-0.39, 0.29) is 0 Å². The highest BCUT2D eigenvalue weighted by molar-refractivity contribution is 7.99. The van der Waals surface area contributed by atoms with Crippen molar-refractivity contribution in [3.63, 3.8) is 0 Å². The second-order valence-electron chi connectivity index (χ2n) is 4.12. The van der Waals surface area contributed by atoms with E-state index in [2.05, 4.69) is 34.5 Å². The summed E-state index contributed by atoms with van der Waals surface area (Å²) in [5.74, 6) is 0. The van der Waals surface area contributed by atoms with Gasteiger partial charge in [0.15, 0.2) is 0 Å². The van der Waals surface area contributed by atoms with E-state index in [0.29, 0.717) is 6.04 Å². The molecular weight excluding hydrogens is 244 g/mol. The number of aryl methyl sites for hydroxylation is 1. The maximum Gasteiger partial charge on any atom is 0.0629 e. The van der Waals surface area contributed by atoms with Crippen molar-refractivity contribution >= 4 is 11.8 Å². The van der Waals surface area contributed by atoms with E-state index in [9.17, 15) is 0 Å². The molecular formula is C13H18N4S. The van der Waals surface area contributed by atoms with Gasteiger partial charge in [-0.05, 0) is 25.6 Å². The van der Waals surface area contributed by atoms with Crippen LogP contribution in [0.3, 0.4) is 0 Å². The molecule has 0 radical (unpaired) electrons. The quantitative estimate of drug-likeness (QED) is 0.899. The minimum absolute atomic E-state index is 0.336.